The second-order valence-electron chi connectivity index (χ2n) is 8.77. The lowest BCUT2D eigenvalue weighted by Gasteiger charge is -2.16. The fourth-order valence-corrected chi connectivity index (χ4v) is 4.49. The molecule has 1 N–H and O–H groups in total. The lowest BCUT2D eigenvalue weighted by molar-refractivity contribution is 0.306. The summed E-state index contributed by atoms with van der Waals surface area (Å²) < 4.78 is 7.80. The van der Waals surface area contributed by atoms with Gasteiger partial charge >= 0.3 is 0 Å². The first-order chi connectivity index (χ1) is 17.9. The number of para-hydroxylation sites is 1. The van der Waals surface area contributed by atoms with Crippen molar-refractivity contribution >= 4 is 22.5 Å². The molecule has 0 aliphatic rings. The SMILES string of the molecule is Cc1cc(-c2[nH]nc(C)c2Cl)c2cccc(OCc3c(C)ccnc3Cn3cccc(C#N)c3=O)c2n1. The van der Waals surface area contributed by atoms with Gasteiger partial charge in [0.15, 0.2) is 0 Å². The van der Waals surface area contributed by atoms with Crippen LogP contribution in [0.5, 0.6) is 5.75 Å². The van der Waals surface area contributed by atoms with Crippen LogP contribution in [-0.2, 0) is 13.2 Å². The maximum atomic E-state index is 12.6. The lowest BCUT2D eigenvalue weighted by atomic mass is 10.0. The van der Waals surface area contributed by atoms with Crippen molar-refractivity contribution in [2.45, 2.75) is 33.9 Å². The quantitative estimate of drug-likeness (QED) is 0.333. The van der Waals surface area contributed by atoms with E-state index in [0.29, 0.717) is 22.0 Å². The molecule has 0 aliphatic carbocycles. The van der Waals surface area contributed by atoms with Crippen molar-refractivity contribution in [2.75, 3.05) is 0 Å². The molecular formula is C28H23ClN6O2. The van der Waals surface area contributed by atoms with E-state index in [1.807, 2.05) is 57.2 Å². The second-order valence-corrected chi connectivity index (χ2v) is 9.15. The Morgan fingerprint density at radius 1 is 1.16 bits per heavy atom. The fourth-order valence-electron chi connectivity index (χ4n) is 4.31. The van der Waals surface area contributed by atoms with Crippen molar-refractivity contribution in [3.8, 4) is 23.1 Å². The first-order valence-electron chi connectivity index (χ1n) is 11.6. The molecule has 0 aliphatic heterocycles. The van der Waals surface area contributed by atoms with Crippen molar-refractivity contribution in [3.05, 3.63) is 104 Å². The maximum Gasteiger partial charge on any atom is 0.268 e. The van der Waals surface area contributed by atoms with Crippen molar-refractivity contribution in [1.29, 1.82) is 5.26 Å². The van der Waals surface area contributed by atoms with Gasteiger partial charge in [-0.05, 0) is 56.7 Å². The molecule has 0 unspecified atom stereocenters. The van der Waals surface area contributed by atoms with Crippen LogP contribution in [-0.4, -0.2) is 24.7 Å². The van der Waals surface area contributed by atoms with E-state index in [4.69, 9.17) is 21.3 Å². The molecule has 184 valence electrons. The predicted molar refractivity (Wildman–Crippen MR) is 142 cm³/mol. The summed E-state index contributed by atoms with van der Waals surface area (Å²) in [6.45, 7) is 6.21. The smallest absolute Gasteiger partial charge is 0.268 e. The van der Waals surface area contributed by atoms with E-state index < -0.39 is 0 Å². The minimum Gasteiger partial charge on any atom is -0.487 e. The molecule has 9 heteroatoms. The summed E-state index contributed by atoms with van der Waals surface area (Å²) in [4.78, 5) is 21.9. The summed E-state index contributed by atoms with van der Waals surface area (Å²) in [5, 5.41) is 17.9. The minimum absolute atomic E-state index is 0.0912. The van der Waals surface area contributed by atoms with Crippen molar-refractivity contribution < 1.29 is 4.74 Å². The highest BCUT2D eigenvalue weighted by atomic mass is 35.5. The zero-order valence-corrected chi connectivity index (χ0v) is 21.3. The van der Waals surface area contributed by atoms with Gasteiger partial charge in [-0.2, -0.15) is 10.4 Å². The van der Waals surface area contributed by atoms with Crippen molar-refractivity contribution in [1.82, 2.24) is 24.7 Å². The lowest BCUT2D eigenvalue weighted by Crippen LogP contribution is -2.23. The Morgan fingerprint density at radius 2 is 2.00 bits per heavy atom. The third kappa shape index (κ3) is 4.57. The molecule has 0 spiro atoms. The molecule has 4 heterocycles. The van der Waals surface area contributed by atoms with Crippen LogP contribution in [0.25, 0.3) is 22.2 Å². The highest BCUT2D eigenvalue weighted by molar-refractivity contribution is 6.34. The molecule has 0 amide bonds. The summed E-state index contributed by atoms with van der Waals surface area (Å²) in [6, 6.07) is 14.8. The van der Waals surface area contributed by atoms with E-state index >= 15 is 0 Å². The van der Waals surface area contributed by atoms with Crippen LogP contribution in [0.4, 0.5) is 0 Å². The van der Waals surface area contributed by atoms with E-state index in [-0.39, 0.29) is 24.3 Å². The predicted octanol–water partition coefficient (Wildman–Crippen LogP) is 5.26. The second kappa shape index (κ2) is 9.88. The Balaban J connectivity index is 1.51. The number of fused-ring (bicyclic) bond motifs is 1. The molecule has 5 aromatic rings. The largest absolute Gasteiger partial charge is 0.487 e. The van der Waals surface area contributed by atoms with E-state index in [1.165, 1.54) is 10.6 Å². The van der Waals surface area contributed by atoms with Gasteiger partial charge in [0.1, 0.15) is 29.5 Å². The number of benzene rings is 1. The van der Waals surface area contributed by atoms with Gasteiger partial charge in [0.05, 0.1) is 28.6 Å². The van der Waals surface area contributed by atoms with Crippen LogP contribution < -0.4 is 10.3 Å². The van der Waals surface area contributed by atoms with Crippen molar-refractivity contribution in [3.63, 3.8) is 0 Å². The standard InChI is InChI=1S/C28H23ClN6O2/c1-16-9-10-31-23(14-35-11-5-6-19(13-30)28(35)36)22(16)15-37-24-8-4-7-20-21(12-17(2)32-26(20)24)27-25(29)18(3)33-34-27/h4-12H,14-15H2,1-3H3,(H,33,34). The Bertz CT molecular complexity index is 1750. The molecule has 0 atom stereocenters. The van der Waals surface area contributed by atoms with Crippen LogP contribution in [0.1, 0.15) is 33.8 Å². The molecule has 4 aromatic heterocycles. The van der Waals surface area contributed by atoms with Crippen LogP contribution in [0.3, 0.4) is 0 Å². The summed E-state index contributed by atoms with van der Waals surface area (Å²) in [5.74, 6) is 0.618. The number of hydrogen-bond acceptors (Lipinski definition) is 6. The summed E-state index contributed by atoms with van der Waals surface area (Å²) >= 11 is 6.51. The summed E-state index contributed by atoms with van der Waals surface area (Å²) in [5.41, 5.74) is 6.18. The summed E-state index contributed by atoms with van der Waals surface area (Å²) in [7, 11) is 0. The first-order valence-corrected chi connectivity index (χ1v) is 12.0. The van der Waals surface area contributed by atoms with Gasteiger partial charge in [0, 0.05) is 34.6 Å². The summed E-state index contributed by atoms with van der Waals surface area (Å²) in [6.07, 6.45) is 3.36. The van der Waals surface area contributed by atoms with Crippen LogP contribution in [0, 0.1) is 32.1 Å². The minimum atomic E-state index is -0.353. The average molecular weight is 511 g/mol. The van der Waals surface area contributed by atoms with E-state index in [2.05, 4.69) is 15.2 Å². The van der Waals surface area contributed by atoms with Crippen LogP contribution >= 0.6 is 11.6 Å². The zero-order chi connectivity index (χ0) is 26.1. The normalized spacial score (nSPS) is 11.0. The number of rotatable bonds is 6. The molecule has 0 fully saturated rings. The van der Waals surface area contributed by atoms with E-state index in [9.17, 15) is 10.1 Å². The number of nitriles is 1. The van der Waals surface area contributed by atoms with Gasteiger partial charge in [0.25, 0.3) is 5.56 Å². The van der Waals surface area contributed by atoms with Gasteiger partial charge in [-0.3, -0.25) is 14.9 Å². The van der Waals surface area contributed by atoms with Gasteiger partial charge in [-0.25, -0.2) is 4.98 Å². The number of halogens is 1. The van der Waals surface area contributed by atoms with E-state index in [0.717, 1.165) is 39.2 Å². The average Bonchev–Trinajstić information content (AvgIpc) is 3.22. The van der Waals surface area contributed by atoms with E-state index in [1.54, 1.807) is 18.5 Å². The third-order valence-corrected chi connectivity index (χ3v) is 6.75. The highest BCUT2D eigenvalue weighted by Gasteiger charge is 2.17. The number of nitrogens with one attached hydrogen (secondary N) is 1. The number of pyridine rings is 3. The Labute approximate surface area is 218 Å². The molecule has 8 nitrogen and oxygen atoms in total. The Hall–Kier alpha value is -4.48. The number of ether oxygens (including phenoxy) is 1. The zero-order valence-electron chi connectivity index (χ0n) is 20.5. The molecular weight excluding hydrogens is 488 g/mol. The Morgan fingerprint density at radius 3 is 2.76 bits per heavy atom. The Kier molecular flexibility index (Phi) is 6.47. The van der Waals surface area contributed by atoms with Crippen LogP contribution in [0.15, 0.2) is 59.7 Å². The molecule has 0 radical (unpaired) electrons. The molecule has 5 rings (SSSR count). The molecule has 0 saturated carbocycles. The maximum absolute atomic E-state index is 12.6. The van der Waals surface area contributed by atoms with Crippen molar-refractivity contribution in [2.24, 2.45) is 0 Å². The number of H-pyrrole nitrogens is 1. The van der Waals surface area contributed by atoms with Gasteiger partial charge in [-0.15, -0.1) is 0 Å². The monoisotopic (exact) mass is 510 g/mol. The van der Waals surface area contributed by atoms with Gasteiger partial charge < -0.3 is 9.30 Å². The molecule has 1 aromatic carbocycles. The number of aryl methyl sites for hydroxylation is 3. The number of aromatic nitrogens is 5. The van der Waals surface area contributed by atoms with Crippen LogP contribution in [0.2, 0.25) is 5.02 Å². The topological polar surface area (TPSA) is 109 Å². The fraction of sp³-hybridized carbons (Fsp3) is 0.179. The number of hydrogen-bond donors (Lipinski definition) is 1. The molecule has 0 saturated heterocycles. The molecule has 37 heavy (non-hydrogen) atoms. The highest BCUT2D eigenvalue weighted by Crippen LogP contribution is 2.36. The van der Waals surface area contributed by atoms with Gasteiger partial charge in [-0.1, -0.05) is 23.7 Å². The third-order valence-electron chi connectivity index (χ3n) is 6.28. The number of nitrogens with zero attached hydrogens (tertiary/aromatic N) is 5. The van der Waals surface area contributed by atoms with Gasteiger partial charge in [0.2, 0.25) is 0 Å². The molecule has 0 bridgehead atoms. The first kappa shape index (κ1) is 24.2. The number of aromatic amines is 1.